The fraction of sp³-hybridized carbons (Fsp3) is 0.435. The highest BCUT2D eigenvalue weighted by Gasteiger charge is 2.42. The van der Waals surface area contributed by atoms with Gasteiger partial charge in [-0.3, -0.25) is 4.79 Å². The van der Waals surface area contributed by atoms with Crippen LogP contribution in [0.4, 0.5) is 29.5 Å². The smallest absolute Gasteiger partial charge is 0.367 e. The number of rotatable bonds is 6. The normalized spacial score (nSPS) is 20.6. The Balaban J connectivity index is 1.46. The van der Waals surface area contributed by atoms with E-state index < -0.39 is 23.5 Å². The summed E-state index contributed by atoms with van der Waals surface area (Å²) >= 11 is -0.246. The molecule has 2 aromatic rings. The molecule has 2 atom stereocenters. The highest BCUT2D eigenvalue weighted by molar-refractivity contribution is 8.00. The summed E-state index contributed by atoms with van der Waals surface area (Å²) in [4.78, 5) is 31.0. The first kappa shape index (κ1) is 23.4. The summed E-state index contributed by atoms with van der Waals surface area (Å²) in [6.07, 6.45) is 7.55. The third-order valence-corrected chi connectivity index (χ3v) is 6.80. The molecule has 1 aromatic heterocycles. The van der Waals surface area contributed by atoms with Crippen LogP contribution in [-0.2, 0) is 4.79 Å². The zero-order chi connectivity index (χ0) is 23.6. The molecule has 33 heavy (non-hydrogen) atoms. The number of halogens is 3. The van der Waals surface area contributed by atoms with Crippen LogP contribution in [0.25, 0.3) is 0 Å². The number of thioether (sulfide) groups is 1. The number of nitrogens with one attached hydrogen (secondary N) is 2. The number of urea groups is 1. The van der Waals surface area contributed by atoms with Crippen molar-refractivity contribution in [2.45, 2.75) is 67.4 Å². The Morgan fingerprint density at radius 2 is 1.82 bits per heavy atom. The minimum absolute atomic E-state index is 0.0157. The lowest BCUT2D eigenvalue weighted by atomic mass is 9.93. The van der Waals surface area contributed by atoms with Crippen molar-refractivity contribution in [2.24, 2.45) is 0 Å². The van der Waals surface area contributed by atoms with Crippen LogP contribution in [0.1, 0.15) is 50.5 Å². The van der Waals surface area contributed by atoms with Crippen LogP contribution in [0.15, 0.2) is 47.5 Å². The summed E-state index contributed by atoms with van der Waals surface area (Å²) < 4.78 is 37.7. The molecule has 0 spiro atoms. The van der Waals surface area contributed by atoms with Crippen LogP contribution < -0.4 is 15.5 Å². The first-order valence-corrected chi connectivity index (χ1v) is 11.8. The van der Waals surface area contributed by atoms with Gasteiger partial charge in [0.15, 0.2) is 0 Å². The third-order valence-electron chi connectivity index (χ3n) is 6.06. The molecule has 2 N–H and O–H groups in total. The summed E-state index contributed by atoms with van der Waals surface area (Å²) in [5.74, 6) is -0.0126. The molecule has 2 unspecified atom stereocenters. The Hall–Kier alpha value is -2.75. The topological polar surface area (TPSA) is 74.3 Å². The molecule has 2 fully saturated rings. The molecular formula is C23H25F3N4O2S. The van der Waals surface area contributed by atoms with Crippen molar-refractivity contribution >= 4 is 35.2 Å². The summed E-state index contributed by atoms with van der Waals surface area (Å²) in [5, 5.41) is 6.18. The van der Waals surface area contributed by atoms with Gasteiger partial charge in [0, 0.05) is 23.1 Å². The molecule has 0 radical (unpaired) electrons. The Bertz CT molecular complexity index is 1010. The molecule has 4 rings (SSSR count). The van der Waals surface area contributed by atoms with E-state index in [0.717, 1.165) is 29.1 Å². The summed E-state index contributed by atoms with van der Waals surface area (Å²) in [6.45, 7) is 1.86. The Labute approximate surface area is 194 Å². The number of hydrogen-bond donors (Lipinski definition) is 2. The summed E-state index contributed by atoms with van der Waals surface area (Å²) in [5.41, 5.74) is -3.31. The van der Waals surface area contributed by atoms with Crippen molar-refractivity contribution in [2.75, 3.05) is 10.2 Å². The van der Waals surface area contributed by atoms with Gasteiger partial charge in [-0.15, -0.1) is 0 Å². The first-order valence-electron chi connectivity index (χ1n) is 10.9. The molecule has 6 nitrogen and oxygen atoms in total. The van der Waals surface area contributed by atoms with Crippen molar-refractivity contribution in [3.05, 3.63) is 48.2 Å². The molecule has 1 aromatic carbocycles. The second kappa shape index (κ2) is 9.62. The maximum Gasteiger partial charge on any atom is 0.446 e. The Morgan fingerprint density at radius 1 is 1.12 bits per heavy atom. The van der Waals surface area contributed by atoms with Crippen LogP contribution >= 0.6 is 11.8 Å². The monoisotopic (exact) mass is 478 g/mol. The first-order chi connectivity index (χ1) is 15.7. The van der Waals surface area contributed by atoms with E-state index in [1.165, 1.54) is 43.5 Å². The van der Waals surface area contributed by atoms with Gasteiger partial charge in [-0.25, -0.2) is 14.7 Å². The number of alkyl halides is 3. The van der Waals surface area contributed by atoms with Gasteiger partial charge in [0.2, 0.25) is 0 Å². The SMILES string of the molecule is CC(c1ccnc(NC2CCCCC2)c1)C1NC(=O)N(c2ccc(SC(F)(F)F)cc2)C1=O. The van der Waals surface area contributed by atoms with E-state index in [2.05, 4.69) is 15.6 Å². The average Bonchev–Trinajstić information content (AvgIpc) is 3.07. The van der Waals surface area contributed by atoms with Gasteiger partial charge in [0.1, 0.15) is 11.9 Å². The number of nitrogens with zero attached hydrogens (tertiary/aromatic N) is 2. The van der Waals surface area contributed by atoms with Crippen molar-refractivity contribution in [3.8, 4) is 0 Å². The summed E-state index contributed by atoms with van der Waals surface area (Å²) in [6, 6.07) is 7.92. The number of aromatic nitrogens is 1. The van der Waals surface area contributed by atoms with Crippen LogP contribution in [0.5, 0.6) is 0 Å². The quantitative estimate of drug-likeness (QED) is 0.414. The van der Waals surface area contributed by atoms with E-state index in [1.807, 2.05) is 19.1 Å². The van der Waals surface area contributed by atoms with Gasteiger partial charge < -0.3 is 10.6 Å². The predicted octanol–water partition coefficient (Wildman–Crippen LogP) is 5.67. The van der Waals surface area contributed by atoms with Crippen LogP contribution in [0.2, 0.25) is 0 Å². The molecule has 0 bridgehead atoms. The van der Waals surface area contributed by atoms with E-state index in [4.69, 9.17) is 0 Å². The van der Waals surface area contributed by atoms with Crippen molar-refractivity contribution in [3.63, 3.8) is 0 Å². The highest BCUT2D eigenvalue weighted by Crippen LogP contribution is 2.38. The Kier molecular flexibility index (Phi) is 6.83. The zero-order valence-corrected chi connectivity index (χ0v) is 18.9. The summed E-state index contributed by atoms with van der Waals surface area (Å²) in [7, 11) is 0. The molecule has 2 aliphatic rings. The van der Waals surface area contributed by atoms with E-state index in [0.29, 0.717) is 6.04 Å². The molecule has 1 aliphatic heterocycles. The fourth-order valence-electron chi connectivity index (χ4n) is 4.34. The lowest BCUT2D eigenvalue weighted by Crippen LogP contribution is -2.35. The van der Waals surface area contributed by atoms with Crippen molar-refractivity contribution in [1.29, 1.82) is 0 Å². The zero-order valence-electron chi connectivity index (χ0n) is 18.1. The maximum atomic E-state index is 13.1. The number of carbonyl (C=O) groups is 2. The van der Waals surface area contributed by atoms with Gasteiger partial charge in [-0.1, -0.05) is 26.2 Å². The van der Waals surface area contributed by atoms with Crippen LogP contribution in [-0.4, -0.2) is 34.5 Å². The van der Waals surface area contributed by atoms with E-state index in [9.17, 15) is 22.8 Å². The van der Waals surface area contributed by atoms with Crippen molar-refractivity contribution < 1.29 is 22.8 Å². The second-order valence-electron chi connectivity index (χ2n) is 8.38. The molecule has 1 saturated carbocycles. The van der Waals surface area contributed by atoms with Gasteiger partial charge in [-0.05, 0) is 66.6 Å². The highest BCUT2D eigenvalue weighted by atomic mass is 32.2. The standard InChI is InChI=1S/C23H25F3N4O2S/c1-14(15-11-12-27-19(13-15)28-16-5-3-2-4-6-16)20-21(31)30(22(32)29-20)17-7-9-18(10-8-17)33-23(24,25)26/h7-14,16,20H,2-6H2,1H3,(H,27,28)(H,29,32). The number of amides is 3. The fourth-order valence-corrected chi connectivity index (χ4v) is 4.88. The average molecular weight is 479 g/mol. The number of benzene rings is 1. The number of pyridine rings is 1. The minimum atomic E-state index is -4.40. The largest absolute Gasteiger partial charge is 0.446 e. The molecule has 176 valence electrons. The lowest BCUT2D eigenvalue weighted by Gasteiger charge is -2.24. The van der Waals surface area contributed by atoms with E-state index >= 15 is 0 Å². The molecule has 1 saturated heterocycles. The number of carbonyl (C=O) groups excluding carboxylic acids is 2. The lowest BCUT2D eigenvalue weighted by molar-refractivity contribution is -0.118. The minimum Gasteiger partial charge on any atom is -0.367 e. The number of hydrogen-bond acceptors (Lipinski definition) is 5. The second-order valence-corrected chi connectivity index (χ2v) is 9.52. The molecule has 3 amide bonds. The maximum absolute atomic E-state index is 13.1. The molecule has 1 aliphatic carbocycles. The third kappa shape index (κ3) is 5.61. The number of imide groups is 1. The van der Waals surface area contributed by atoms with Gasteiger partial charge in [0.25, 0.3) is 5.91 Å². The van der Waals surface area contributed by atoms with Gasteiger partial charge >= 0.3 is 11.5 Å². The molecule has 10 heteroatoms. The predicted molar refractivity (Wildman–Crippen MR) is 121 cm³/mol. The van der Waals surface area contributed by atoms with E-state index in [1.54, 1.807) is 6.20 Å². The van der Waals surface area contributed by atoms with Gasteiger partial charge in [0.05, 0.1) is 5.69 Å². The van der Waals surface area contributed by atoms with Crippen molar-refractivity contribution in [1.82, 2.24) is 10.3 Å². The molecular weight excluding hydrogens is 453 g/mol. The van der Waals surface area contributed by atoms with Crippen LogP contribution in [0, 0.1) is 0 Å². The van der Waals surface area contributed by atoms with Gasteiger partial charge in [-0.2, -0.15) is 13.2 Å². The Morgan fingerprint density at radius 3 is 2.48 bits per heavy atom. The molecule has 2 heterocycles. The van der Waals surface area contributed by atoms with Crippen LogP contribution in [0.3, 0.4) is 0 Å². The van der Waals surface area contributed by atoms with E-state index in [-0.39, 0.29) is 28.3 Å². The number of anilines is 2.